The number of benzene rings is 1. The lowest BCUT2D eigenvalue weighted by molar-refractivity contribution is -0.162. The quantitative estimate of drug-likeness (QED) is 0.596. The number of aliphatic carboxylic acids is 1. The zero-order valence-corrected chi connectivity index (χ0v) is 12.8. The summed E-state index contributed by atoms with van der Waals surface area (Å²) in [6.45, 7) is 3.23. The highest BCUT2D eigenvalue weighted by atomic mass is 35.5. The molecule has 0 saturated carbocycles. The predicted octanol–water partition coefficient (Wildman–Crippen LogP) is 2.39. The van der Waals surface area contributed by atoms with Gasteiger partial charge in [-0.3, -0.25) is 9.59 Å². The molecule has 5 nitrogen and oxygen atoms in total. The third-order valence-corrected chi connectivity index (χ3v) is 3.52. The maximum absolute atomic E-state index is 12.3. The van der Waals surface area contributed by atoms with Crippen molar-refractivity contribution in [2.24, 2.45) is 0 Å². The van der Waals surface area contributed by atoms with Crippen LogP contribution in [0, 0.1) is 0 Å². The van der Waals surface area contributed by atoms with E-state index in [-0.39, 0.29) is 19.4 Å². The molecule has 0 aliphatic heterocycles. The molecule has 0 aliphatic carbocycles. The minimum Gasteiger partial charge on any atom is -0.480 e. The van der Waals surface area contributed by atoms with E-state index in [9.17, 15) is 19.8 Å². The van der Waals surface area contributed by atoms with Crippen molar-refractivity contribution in [2.45, 2.75) is 38.2 Å². The fraction of sp³-hybridized carbons (Fsp3) is 0.467. The summed E-state index contributed by atoms with van der Waals surface area (Å²) in [5.74, 6) is -2.13. The number of carbonyl (C=O) groups excluding carboxylic acids is 1. The maximum Gasteiger partial charge on any atom is 0.328 e. The lowest BCUT2D eigenvalue weighted by atomic mass is 9.76. The molecule has 0 heterocycles. The van der Waals surface area contributed by atoms with Gasteiger partial charge in [0.25, 0.3) is 0 Å². The van der Waals surface area contributed by atoms with Gasteiger partial charge in [0.2, 0.25) is 0 Å². The Morgan fingerprint density at radius 3 is 2.33 bits per heavy atom. The number of hydrogen-bond acceptors (Lipinski definition) is 4. The molecule has 6 heteroatoms. The molecule has 116 valence electrons. The normalized spacial score (nSPS) is 15.0. The van der Waals surface area contributed by atoms with Gasteiger partial charge in [-0.15, -0.1) is 0 Å². The largest absolute Gasteiger partial charge is 0.480 e. The molecule has 0 aliphatic rings. The molecule has 1 aromatic rings. The Bertz CT molecular complexity index is 497. The Labute approximate surface area is 128 Å². The zero-order valence-electron chi connectivity index (χ0n) is 12.0. The van der Waals surface area contributed by atoms with E-state index in [0.29, 0.717) is 10.6 Å². The van der Waals surface area contributed by atoms with Crippen LogP contribution in [-0.2, 0) is 19.7 Å². The lowest BCUT2D eigenvalue weighted by Crippen LogP contribution is -2.45. The number of hydrogen-bond donors (Lipinski definition) is 2. The average Bonchev–Trinajstić information content (AvgIpc) is 2.41. The fourth-order valence-electron chi connectivity index (χ4n) is 2.10. The smallest absolute Gasteiger partial charge is 0.328 e. The highest BCUT2D eigenvalue weighted by Crippen LogP contribution is 2.33. The van der Waals surface area contributed by atoms with E-state index < -0.39 is 23.5 Å². The second-order valence-electron chi connectivity index (χ2n) is 4.83. The molecule has 0 bridgehead atoms. The van der Waals surface area contributed by atoms with Crippen LogP contribution in [0.1, 0.15) is 32.3 Å². The number of carboxylic acids is 1. The number of rotatable bonds is 7. The number of aliphatic hydroxyl groups excluding tert-OH is 1. The monoisotopic (exact) mass is 314 g/mol. The summed E-state index contributed by atoms with van der Waals surface area (Å²) < 4.78 is 4.95. The van der Waals surface area contributed by atoms with Crippen LogP contribution in [0.3, 0.4) is 0 Å². The van der Waals surface area contributed by atoms with Crippen LogP contribution in [0.4, 0.5) is 0 Å². The van der Waals surface area contributed by atoms with Crippen LogP contribution < -0.4 is 0 Å². The number of aliphatic hydroxyl groups is 1. The van der Waals surface area contributed by atoms with Crippen LogP contribution in [0.15, 0.2) is 24.3 Å². The van der Waals surface area contributed by atoms with E-state index in [4.69, 9.17) is 16.3 Å². The Kier molecular flexibility index (Phi) is 6.18. The first-order valence-electron chi connectivity index (χ1n) is 6.69. The third-order valence-electron chi connectivity index (χ3n) is 3.26. The highest BCUT2D eigenvalue weighted by Gasteiger charge is 2.49. The van der Waals surface area contributed by atoms with Crippen LogP contribution in [-0.4, -0.2) is 34.9 Å². The van der Waals surface area contributed by atoms with Gasteiger partial charge in [0, 0.05) is 5.02 Å². The number of carbonyl (C=O) groups is 2. The van der Waals surface area contributed by atoms with Gasteiger partial charge in [0.05, 0.1) is 12.7 Å². The van der Waals surface area contributed by atoms with E-state index in [1.54, 1.807) is 13.8 Å². The summed E-state index contributed by atoms with van der Waals surface area (Å²) >= 11 is 5.81. The number of ether oxygens (including phenoxy) is 1. The van der Waals surface area contributed by atoms with Gasteiger partial charge in [0.1, 0.15) is 0 Å². The molecule has 21 heavy (non-hydrogen) atoms. The molecular weight excluding hydrogens is 296 g/mol. The predicted molar refractivity (Wildman–Crippen MR) is 78.3 cm³/mol. The molecule has 0 spiro atoms. The van der Waals surface area contributed by atoms with E-state index >= 15 is 0 Å². The van der Waals surface area contributed by atoms with E-state index in [1.165, 1.54) is 24.3 Å². The summed E-state index contributed by atoms with van der Waals surface area (Å²) in [4.78, 5) is 24.1. The van der Waals surface area contributed by atoms with Crippen molar-refractivity contribution in [3.8, 4) is 0 Å². The van der Waals surface area contributed by atoms with Gasteiger partial charge in [-0.25, -0.2) is 0 Å². The number of halogens is 1. The molecule has 0 radical (unpaired) electrons. The molecular formula is C15H19ClO5. The Hall–Kier alpha value is -1.59. The van der Waals surface area contributed by atoms with Crippen molar-refractivity contribution in [2.75, 3.05) is 6.61 Å². The highest BCUT2D eigenvalue weighted by molar-refractivity contribution is 6.30. The molecule has 0 fully saturated rings. The van der Waals surface area contributed by atoms with Crippen molar-refractivity contribution in [3.63, 3.8) is 0 Å². The average molecular weight is 315 g/mol. The lowest BCUT2D eigenvalue weighted by Gasteiger charge is -2.28. The van der Waals surface area contributed by atoms with E-state index in [1.807, 2.05) is 0 Å². The summed E-state index contributed by atoms with van der Waals surface area (Å²) in [6, 6.07) is 6.04. The third kappa shape index (κ3) is 3.95. The van der Waals surface area contributed by atoms with Crippen LogP contribution in [0.2, 0.25) is 5.02 Å². The van der Waals surface area contributed by atoms with E-state index in [0.717, 1.165) is 0 Å². The van der Waals surface area contributed by atoms with Gasteiger partial charge in [-0.1, -0.05) is 23.7 Å². The Morgan fingerprint density at radius 2 is 1.90 bits per heavy atom. The molecule has 2 unspecified atom stereocenters. The van der Waals surface area contributed by atoms with Gasteiger partial charge < -0.3 is 14.9 Å². The zero-order chi connectivity index (χ0) is 16.0. The van der Waals surface area contributed by atoms with Gasteiger partial charge in [0.15, 0.2) is 5.41 Å². The summed E-state index contributed by atoms with van der Waals surface area (Å²) in [6.07, 6.45) is -0.612. The topological polar surface area (TPSA) is 83.8 Å². The first kappa shape index (κ1) is 17.5. The van der Waals surface area contributed by atoms with Gasteiger partial charge >= 0.3 is 11.9 Å². The SMILES string of the molecule is CCOC(=O)C(CCC(C)O)(C(=O)O)c1ccc(Cl)cc1. The number of carboxylic acid groups (broad SMARTS) is 1. The van der Waals surface area contributed by atoms with Crippen LogP contribution >= 0.6 is 11.6 Å². The minimum absolute atomic E-state index is 0.0551. The van der Waals surface area contributed by atoms with E-state index in [2.05, 4.69) is 0 Å². The standard InChI is InChI=1S/C15H19ClO5/c1-3-21-14(20)15(13(18)19,9-8-10(2)17)11-4-6-12(16)7-5-11/h4-7,10,17H,3,8-9H2,1-2H3,(H,18,19). The second kappa shape index (κ2) is 7.43. The maximum atomic E-state index is 12.3. The van der Waals surface area contributed by atoms with Crippen LogP contribution in [0.25, 0.3) is 0 Å². The molecule has 0 amide bonds. The van der Waals surface area contributed by atoms with Crippen molar-refractivity contribution in [3.05, 3.63) is 34.9 Å². The molecule has 2 N–H and O–H groups in total. The molecule has 2 atom stereocenters. The first-order valence-corrected chi connectivity index (χ1v) is 7.07. The van der Waals surface area contributed by atoms with Gasteiger partial charge in [-0.05, 0) is 44.4 Å². The molecule has 0 aromatic heterocycles. The van der Waals surface area contributed by atoms with Crippen LogP contribution in [0.5, 0.6) is 0 Å². The Balaban J connectivity index is 3.32. The second-order valence-corrected chi connectivity index (χ2v) is 5.26. The summed E-state index contributed by atoms with van der Waals surface area (Å²) in [5.41, 5.74) is -1.55. The van der Waals surface area contributed by atoms with Crippen molar-refractivity contribution in [1.29, 1.82) is 0 Å². The molecule has 1 aromatic carbocycles. The van der Waals surface area contributed by atoms with Crippen molar-refractivity contribution in [1.82, 2.24) is 0 Å². The first-order chi connectivity index (χ1) is 9.84. The van der Waals surface area contributed by atoms with Crippen molar-refractivity contribution >= 4 is 23.5 Å². The molecule has 0 saturated heterocycles. The Morgan fingerprint density at radius 1 is 1.33 bits per heavy atom. The molecule has 1 rings (SSSR count). The number of esters is 1. The summed E-state index contributed by atoms with van der Waals surface area (Å²) in [5, 5.41) is 19.5. The minimum atomic E-state index is -1.84. The van der Waals surface area contributed by atoms with Crippen molar-refractivity contribution < 1.29 is 24.5 Å². The fourth-order valence-corrected chi connectivity index (χ4v) is 2.22. The van der Waals surface area contributed by atoms with Gasteiger partial charge in [-0.2, -0.15) is 0 Å². The summed E-state index contributed by atoms with van der Waals surface area (Å²) in [7, 11) is 0.